The first-order valence-electron chi connectivity index (χ1n) is 9.03. The molecule has 26 heavy (non-hydrogen) atoms. The lowest BCUT2D eigenvalue weighted by molar-refractivity contribution is -0.128. The molecule has 1 aliphatic rings. The van der Waals surface area contributed by atoms with E-state index in [1.54, 1.807) is 6.20 Å². The number of carbonyl (C=O) groups is 1. The zero-order valence-corrected chi connectivity index (χ0v) is 16.2. The molecule has 138 valence electrons. The molecule has 0 aromatic carbocycles. The van der Waals surface area contributed by atoms with Crippen LogP contribution in [0.5, 0.6) is 0 Å². The second-order valence-electron chi connectivity index (χ2n) is 8.23. The molecule has 0 aliphatic carbocycles. The van der Waals surface area contributed by atoms with Crippen molar-refractivity contribution >= 4 is 11.9 Å². The van der Waals surface area contributed by atoms with Crippen LogP contribution in [0.1, 0.15) is 38.6 Å². The summed E-state index contributed by atoms with van der Waals surface area (Å²) in [4.78, 5) is 27.6. The summed E-state index contributed by atoms with van der Waals surface area (Å²) in [7, 11) is 0. The second kappa shape index (κ2) is 7.02. The summed E-state index contributed by atoms with van der Waals surface area (Å²) in [5, 5.41) is 3.32. The third-order valence-electron chi connectivity index (χ3n) is 4.37. The van der Waals surface area contributed by atoms with Gasteiger partial charge >= 0.3 is 0 Å². The minimum Gasteiger partial charge on any atom is -0.349 e. The fourth-order valence-corrected chi connectivity index (χ4v) is 3.31. The minimum absolute atomic E-state index is 0.0392. The van der Waals surface area contributed by atoms with Gasteiger partial charge in [0.2, 0.25) is 11.9 Å². The van der Waals surface area contributed by atoms with Gasteiger partial charge in [0.05, 0.1) is 11.7 Å². The minimum atomic E-state index is 0.0392. The van der Waals surface area contributed by atoms with Crippen LogP contribution < -0.4 is 5.32 Å². The number of hydrogen-bond acceptors (Lipinski definition) is 5. The lowest BCUT2D eigenvalue weighted by Crippen LogP contribution is -2.35. The van der Waals surface area contributed by atoms with Crippen molar-refractivity contribution < 1.29 is 4.79 Å². The Morgan fingerprint density at radius 1 is 1.19 bits per heavy atom. The van der Waals surface area contributed by atoms with E-state index >= 15 is 0 Å². The maximum absolute atomic E-state index is 12.3. The molecule has 1 unspecified atom stereocenters. The molecule has 3 rings (SSSR count). The Labute approximate surface area is 155 Å². The van der Waals surface area contributed by atoms with Crippen molar-refractivity contribution in [3.8, 4) is 11.3 Å². The maximum atomic E-state index is 12.3. The molecule has 2 aromatic rings. The SMILES string of the molecule is Cc1ccc(-c2ccnc(NC3CC(=O)N(CC(C)(C)C)C3)n2)c(C)n1. The quantitative estimate of drug-likeness (QED) is 0.914. The predicted molar refractivity (Wildman–Crippen MR) is 103 cm³/mol. The average Bonchev–Trinajstić information content (AvgIpc) is 2.85. The van der Waals surface area contributed by atoms with Gasteiger partial charge in [-0.05, 0) is 37.5 Å². The number of amides is 1. The van der Waals surface area contributed by atoms with Crippen molar-refractivity contribution in [1.29, 1.82) is 0 Å². The first-order chi connectivity index (χ1) is 12.2. The fraction of sp³-hybridized carbons (Fsp3) is 0.500. The Hall–Kier alpha value is -2.50. The largest absolute Gasteiger partial charge is 0.349 e. The van der Waals surface area contributed by atoms with Gasteiger partial charge in [-0.25, -0.2) is 9.97 Å². The number of carbonyl (C=O) groups excluding carboxylic acids is 1. The summed E-state index contributed by atoms with van der Waals surface area (Å²) in [5.41, 5.74) is 3.86. The monoisotopic (exact) mass is 353 g/mol. The third-order valence-corrected chi connectivity index (χ3v) is 4.37. The second-order valence-corrected chi connectivity index (χ2v) is 8.23. The summed E-state index contributed by atoms with van der Waals surface area (Å²) in [5.74, 6) is 0.741. The summed E-state index contributed by atoms with van der Waals surface area (Å²) in [6, 6.07) is 5.94. The number of nitrogens with one attached hydrogen (secondary N) is 1. The standard InChI is InChI=1S/C20H27N5O/c1-13-6-7-16(14(2)22-13)17-8-9-21-19(24-17)23-15-10-18(26)25(11-15)12-20(3,4)5/h6-9,15H,10-12H2,1-5H3,(H,21,23,24). The van der Waals surface area contributed by atoms with Gasteiger partial charge in [-0.3, -0.25) is 9.78 Å². The molecule has 0 saturated carbocycles. The van der Waals surface area contributed by atoms with E-state index in [4.69, 9.17) is 0 Å². The van der Waals surface area contributed by atoms with Crippen molar-refractivity contribution in [3.05, 3.63) is 35.8 Å². The van der Waals surface area contributed by atoms with Gasteiger partial charge in [-0.2, -0.15) is 0 Å². The van der Waals surface area contributed by atoms with Crippen LogP contribution in [0.2, 0.25) is 0 Å². The normalized spacial score (nSPS) is 17.7. The molecule has 1 saturated heterocycles. The molecule has 1 N–H and O–H groups in total. The van der Waals surface area contributed by atoms with Crippen LogP contribution in [0.25, 0.3) is 11.3 Å². The highest BCUT2D eigenvalue weighted by atomic mass is 16.2. The molecule has 0 spiro atoms. The molecule has 1 atom stereocenters. The first-order valence-corrected chi connectivity index (χ1v) is 9.03. The molecule has 6 nitrogen and oxygen atoms in total. The molecule has 1 aliphatic heterocycles. The smallest absolute Gasteiger partial charge is 0.224 e. The van der Waals surface area contributed by atoms with E-state index in [1.165, 1.54) is 0 Å². The average molecular weight is 353 g/mol. The summed E-state index contributed by atoms with van der Waals surface area (Å²) in [6.07, 6.45) is 2.22. The molecule has 0 radical (unpaired) electrons. The van der Waals surface area contributed by atoms with E-state index < -0.39 is 0 Å². The van der Waals surface area contributed by atoms with Crippen LogP contribution in [0, 0.1) is 19.3 Å². The number of nitrogens with zero attached hydrogens (tertiary/aromatic N) is 4. The molecule has 1 fully saturated rings. The number of likely N-dealkylation sites (tertiary alicyclic amines) is 1. The van der Waals surface area contributed by atoms with Crippen molar-refractivity contribution in [2.45, 2.75) is 47.1 Å². The van der Waals surface area contributed by atoms with E-state index in [0.29, 0.717) is 18.9 Å². The number of aromatic nitrogens is 3. The van der Waals surface area contributed by atoms with E-state index in [0.717, 1.165) is 29.2 Å². The Kier molecular flexibility index (Phi) is 4.94. The van der Waals surface area contributed by atoms with Crippen LogP contribution >= 0.6 is 0 Å². The van der Waals surface area contributed by atoms with Crippen molar-refractivity contribution in [2.24, 2.45) is 5.41 Å². The lowest BCUT2D eigenvalue weighted by Gasteiger charge is -2.26. The van der Waals surface area contributed by atoms with Crippen LogP contribution in [-0.2, 0) is 4.79 Å². The topological polar surface area (TPSA) is 71.0 Å². The Bertz CT molecular complexity index is 812. The van der Waals surface area contributed by atoms with E-state index in [-0.39, 0.29) is 17.4 Å². The Balaban J connectivity index is 1.73. The Morgan fingerprint density at radius 3 is 2.65 bits per heavy atom. The number of rotatable bonds is 4. The van der Waals surface area contributed by atoms with Gasteiger partial charge in [-0.1, -0.05) is 20.8 Å². The molecular formula is C20H27N5O. The van der Waals surface area contributed by atoms with Gasteiger partial charge in [0.25, 0.3) is 0 Å². The lowest BCUT2D eigenvalue weighted by atomic mass is 9.96. The zero-order valence-electron chi connectivity index (χ0n) is 16.2. The number of aryl methyl sites for hydroxylation is 2. The Morgan fingerprint density at radius 2 is 1.96 bits per heavy atom. The van der Waals surface area contributed by atoms with Crippen molar-refractivity contribution in [3.63, 3.8) is 0 Å². The van der Waals surface area contributed by atoms with E-state index in [2.05, 4.69) is 41.0 Å². The highest BCUT2D eigenvalue weighted by molar-refractivity contribution is 5.80. The van der Waals surface area contributed by atoms with Crippen molar-refractivity contribution in [2.75, 3.05) is 18.4 Å². The molecule has 0 bridgehead atoms. The maximum Gasteiger partial charge on any atom is 0.224 e. The van der Waals surface area contributed by atoms with Crippen LogP contribution in [0.15, 0.2) is 24.4 Å². The van der Waals surface area contributed by atoms with Gasteiger partial charge in [0, 0.05) is 42.7 Å². The predicted octanol–water partition coefficient (Wildman–Crippen LogP) is 3.21. The van der Waals surface area contributed by atoms with E-state index in [1.807, 2.05) is 36.9 Å². The summed E-state index contributed by atoms with van der Waals surface area (Å²) in [6.45, 7) is 11.8. The summed E-state index contributed by atoms with van der Waals surface area (Å²) >= 11 is 0. The number of hydrogen-bond donors (Lipinski definition) is 1. The van der Waals surface area contributed by atoms with Gasteiger partial charge in [0.1, 0.15) is 0 Å². The van der Waals surface area contributed by atoms with Gasteiger partial charge in [-0.15, -0.1) is 0 Å². The molecule has 1 amide bonds. The van der Waals surface area contributed by atoms with Crippen molar-refractivity contribution in [1.82, 2.24) is 19.9 Å². The van der Waals surface area contributed by atoms with Gasteiger partial charge in [0.15, 0.2) is 0 Å². The fourth-order valence-electron chi connectivity index (χ4n) is 3.31. The summed E-state index contributed by atoms with van der Waals surface area (Å²) < 4.78 is 0. The molecule has 6 heteroatoms. The highest BCUT2D eigenvalue weighted by Gasteiger charge is 2.32. The molecule has 2 aromatic heterocycles. The first kappa shape index (κ1) is 18.3. The number of pyridine rings is 1. The van der Waals surface area contributed by atoms with Crippen LogP contribution in [0.3, 0.4) is 0 Å². The van der Waals surface area contributed by atoms with E-state index in [9.17, 15) is 4.79 Å². The van der Waals surface area contributed by atoms with Gasteiger partial charge < -0.3 is 10.2 Å². The van der Waals surface area contributed by atoms with Crippen LogP contribution in [-0.4, -0.2) is 44.9 Å². The highest BCUT2D eigenvalue weighted by Crippen LogP contribution is 2.23. The third kappa shape index (κ3) is 4.36. The zero-order chi connectivity index (χ0) is 18.9. The molecule has 3 heterocycles. The number of anilines is 1. The van der Waals surface area contributed by atoms with Crippen LogP contribution in [0.4, 0.5) is 5.95 Å². The molecular weight excluding hydrogens is 326 g/mol.